The van der Waals surface area contributed by atoms with Crippen molar-refractivity contribution in [1.82, 2.24) is 0 Å². The van der Waals surface area contributed by atoms with Crippen LogP contribution in [0.15, 0.2) is 12.1 Å². The van der Waals surface area contributed by atoms with E-state index >= 15 is 0 Å². The lowest BCUT2D eigenvalue weighted by Crippen LogP contribution is -2.20. The minimum absolute atomic E-state index is 1.18. The molecule has 0 radical (unpaired) electrons. The minimum Gasteiger partial charge on any atom is -0.374 e. The van der Waals surface area contributed by atoms with Gasteiger partial charge in [-0.3, -0.25) is 0 Å². The fraction of sp³-hybridized carbons (Fsp3) is 0.714. The first kappa shape index (κ1) is 19.1. The standard InChI is InChI=1S/C21H37N/c1-6-7-8-9-10-11-12-13-14-15-22(5)21-19(3)16-18(2)17-20(21)4/h16-17H,6-15H2,1-5H3. The van der Waals surface area contributed by atoms with Crippen molar-refractivity contribution in [1.29, 1.82) is 0 Å². The van der Waals surface area contributed by atoms with Crippen molar-refractivity contribution in [2.75, 3.05) is 18.5 Å². The van der Waals surface area contributed by atoms with E-state index in [0.717, 1.165) is 0 Å². The molecule has 126 valence electrons. The van der Waals surface area contributed by atoms with Crippen molar-refractivity contribution in [2.45, 2.75) is 85.5 Å². The van der Waals surface area contributed by atoms with Crippen LogP contribution < -0.4 is 4.90 Å². The molecule has 0 atom stereocenters. The summed E-state index contributed by atoms with van der Waals surface area (Å²) in [5.74, 6) is 0. The van der Waals surface area contributed by atoms with E-state index in [1.54, 1.807) is 0 Å². The highest BCUT2D eigenvalue weighted by Crippen LogP contribution is 2.25. The van der Waals surface area contributed by atoms with Gasteiger partial charge in [-0.25, -0.2) is 0 Å². The fourth-order valence-electron chi connectivity index (χ4n) is 3.55. The van der Waals surface area contributed by atoms with E-state index in [4.69, 9.17) is 0 Å². The normalized spacial score (nSPS) is 11.0. The molecule has 0 aliphatic rings. The number of hydrogen-bond acceptors (Lipinski definition) is 1. The molecule has 0 fully saturated rings. The number of nitrogens with zero attached hydrogens (tertiary/aromatic N) is 1. The molecule has 0 heterocycles. The second-order valence-electron chi connectivity index (χ2n) is 7.00. The highest BCUT2D eigenvalue weighted by Gasteiger charge is 2.08. The maximum absolute atomic E-state index is 2.45. The van der Waals surface area contributed by atoms with Crippen molar-refractivity contribution in [2.24, 2.45) is 0 Å². The Morgan fingerprint density at radius 3 is 1.68 bits per heavy atom. The highest BCUT2D eigenvalue weighted by molar-refractivity contribution is 5.59. The zero-order valence-corrected chi connectivity index (χ0v) is 15.7. The van der Waals surface area contributed by atoms with E-state index in [9.17, 15) is 0 Å². The van der Waals surface area contributed by atoms with Gasteiger partial charge in [0, 0.05) is 19.3 Å². The maximum atomic E-state index is 2.45. The Bertz CT molecular complexity index is 399. The van der Waals surface area contributed by atoms with Gasteiger partial charge in [-0.1, -0.05) is 76.0 Å². The molecule has 22 heavy (non-hydrogen) atoms. The van der Waals surface area contributed by atoms with Crippen LogP contribution in [0.3, 0.4) is 0 Å². The van der Waals surface area contributed by atoms with Crippen LogP contribution in [0, 0.1) is 20.8 Å². The Morgan fingerprint density at radius 1 is 0.727 bits per heavy atom. The van der Waals surface area contributed by atoms with Crippen LogP contribution in [-0.2, 0) is 0 Å². The van der Waals surface area contributed by atoms with Gasteiger partial charge in [-0.15, -0.1) is 0 Å². The molecule has 1 aromatic carbocycles. The number of unbranched alkanes of at least 4 members (excludes halogenated alkanes) is 8. The molecule has 0 spiro atoms. The molecule has 1 rings (SSSR count). The van der Waals surface area contributed by atoms with Crippen LogP contribution in [0.1, 0.15) is 81.4 Å². The average Bonchev–Trinajstić information content (AvgIpc) is 2.44. The van der Waals surface area contributed by atoms with Gasteiger partial charge in [0.15, 0.2) is 0 Å². The second-order valence-corrected chi connectivity index (χ2v) is 7.00. The summed E-state index contributed by atoms with van der Waals surface area (Å²) >= 11 is 0. The van der Waals surface area contributed by atoms with Crippen LogP contribution in [0.25, 0.3) is 0 Å². The summed E-state index contributed by atoms with van der Waals surface area (Å²) in [5, 5.41) is 0. The molecule has 0 N–H and O–H groups in total. The topological polar surface area (TPSA) is 3.24 Å². The van der Waals surface area contributed by atoms with Crippen molar-refractivity contribution in [3.63, 3.8) is 0 Å². The monoisotopic (exact) mass is 303 g/mol. The van der Waals surface area contributed by atoms with E-state index in [0.29, 0.717) is 0 Å². The third kappa shape index (κ3) is 6.85. The molecule has 0 bridgehead atoms. The molecule has 1 aromatic rings. The molecule has 0 aromatic heterocycles. The predicted molar refractivity (Wildman–Crippen MR) is 101 cm³/mol. The van der Waals surface area contributed by atoms with Crippen molar-refractivity contribution >= 4 is 5.69 Å². The third-order valence-electron chi connectivity index (χ3n) is 4.61. The summed E-state index contributed by atoms with van der Waals surface area (Å²) < 4.78 is 0. The SMILES string of the molecule is CCCCCCCCCCCN(C)c1c(C)cc(C)cc1C. The van der Waals surface area contributed by atoms with E-state index in [2.05, 4.69) is 51.8 Å². The van der Waals surface area contributed by atoms with Gasteiger partial charge in [-0.05, 0) is 38.3 Å². The van der Waals surface area contributed by atoms with E-state index < -0.39 is 0 Å². The first-order valence-corrected chi connectivity index (χ1v) is 9.35. The molecule has 0 saturated carbocycles. The summed E-state index contributed by atoms with van der Waals surface area (Å²) in [6, 6.07) is 4.60. The zero-order chi connectivity index (χ0) is 16.4. The lowest BCUT2D eigenvalue weighted by Gasteiger charge is -2.24. The molecular formula is C21H37N. The number of anilines is 1. The lowest BCUT2D eigenvalue weighted by molar-refractivity contribution is 0.564. The first-order chi connectivity index (χ1) is 10.6. The maximum Gasteiger partial charge on any atom is 0.0423 e. The van der Waals surface area contributed by atoms with Crippen LogP contribution in [0.4, 0.5) is 5.69 Å². The fourth-order valence-corrected chi connectivity index (χ4v) is 3.55. The summed E-state index contributed by atoms with van der Waals surface area (Å²) in [6.45, 7) is 10.1. The molecule has 0 aliphatic carbocycles. The van der Waals surface area contributed by atoms with Gasteiger partial charge >= 0.3 is 0 Å². The van der Waals surface area contributed by atoms with Crippen molar-refractivity contribution in [3.8, 4) is 0 Å². The summed E-state index contributed by atoms with van der Waals surface area (Å²) in [4.78, 5) is 2.45. The van der Waals surface area contributed by atoms with Gasteiger partial charge in [0.1, 0.15) is 0 Å². The third-order valence-corrected chi connectivity index (χ3v) is 4.61. The summed E-state index contributed by atoms with van der Waals surface area (Å²) in [5.41, 5.74) is 5.63. The second kappa shape index (κ2) is 10.7. The zero-order valence-electron chi connectivity index (χ0n) is 15.7. The van der Waals surface area contributed by atoms with Gasteiger partial charge in [-0.2, -0.15) is 0 Å². The van der Waals surface area contributed by atoms with Gasteiger partial charge in [0.25, 0.3) is 0 Å². The Balaban J connectivity index is 2.20. The average molecular weight is 304 g/mol. The Hall–Kier alpha value is -0.980. The number of aryl methyl sites for hydroxylation is 3. The Morgan fingerprint density at radius 2 is 1.18 bits per heavy atom. The molecule has 0 unspecified atom stereocenters. The van der Waals surface area contributed by atoms with Crippen LogP contribution in [-0.4, -0.2) is 13.6 Å². The van der Waals surface area contributed by atoms with Gasteiger partial charge in [0.2, 0.25) is 0 Å². The molecule has 0 aliphatic heterocycles. The summed E-state index contributed by atoms with van der Waals surface area (Å²) in [6.07, 6.45) is 12.6. The lowest BCUT2D eigenvalue weighted by atomic mass is 10.0. The van der Waals surface area contributed by atoms with E-state index in [1.807, 2.05) is 0 Å². The number of rotatable bonds is 11. The van der Waals surface area contributed by atoms with Crippen LogP contribution >= 0.6 is 0 Å². The number of benzene rings is 1. The van der Waals surface area contributed by atoms with Crippen molar-refractivity contribution in [3.05, 3.63) is 28.8 Å². The molecular weight excluding hydrogens is 266 g/mol. The number of hydrogen-bond donors (Lipinski definition) is 0. The van der Waals surface area contributed by atoms with Crippen molar-refractivity contribution < 1.29 is 0 Å². The van der Waals surface area contributed by atoms with Gasteiger partial charge < -0.3 is 4.90 Å². The first-order valence-electron chi connectivity index (χ1n) is 9.35. The van der Waals surface area contributed by atoms with E-state index in [-0.39, 0.29) is 0 Å². The quantitative estimate of drug-likeness (QED) is 0.417. The minimum atomic E-state index is 1.18. The Kier molecular flexibility index (Phi) is 9.27. The molecule has 0 amide bonds. The molecule has 1 heteroatoms. The smallest absolute Gasteiger partial charge is 0.0423 e. The van der Waals surface area contributed by atoms with Gasteiger partial charge in [0.05, 0.1) is 0 Å². The molecule has 1 nitrogen and oxygen atoms in total. The van der Waals surface area contributed by atoms with Crippen LogP contribution in [0.2, 0.25) is 0 Å². The Labute approximate surface area is 139 Å². The summed E-state index contributed by atoms with van der Waals surface area (Å²) in [7, 11) is 2.25. The largest absolute Gasteiger partial charge is 0.374 e. The predicted octanol–water partition coefficient (Wildman–Crippen LogP) is 6.58. The molecule has 0 saturated heterocycles. The van der Waals surface area contributed by atoms with E-state index in [1.165, 1.54) is 86.7 Å². The highest BCUT2D eigenvalue weighted by atomic mass is 15.1. The van der Waals surface area contributed by atoms with Crippen LogP contribution in [0.5, 0.6) is 0 Å².